The normalized spacial score (nSPS) is 36.9. The van der Waals surface area contributed by atoms with Gasteiger partial charge in [0.25, 0.3) is 0 Å². The maximum atomic E-state index is 12.4. The lowest BCUT2D eigenvalue weighted by atomic mass is 9.67. The molecule has 0 aromatic heterocycles. The number of fused-ring (bicyclic) bond motifs is 1. The number of aliphatic hydroxyl groups is 1. The predicted octanol–water partition coefficient (Wildman–Crippen LogP) is 2.04. The van der Waals surface area contributed by atoms with Crippen molar-refractivity contribution in [2.75, 3.05) is 19.7 Å². The van der Waals surface area contributed by atoms with Gasteiger partial charge in [-0.2, -0.15) is 0 Å². The fourth-order valence-corrected chi connectivity index (χ4v) is 4.22. The van der Waals surface area contributed by atoms with Crippen molar-refractivity contribution in [1.82, 2.24) is 4.90 Å². The Morgan fingerprint density at radius 1 is 1.06 bits per heavy atom. The molecule has 2 aliphatic carbocycles. The quantitative estimate of drug-likeness (QED) is 0.816. The summed E-state index contributed by atoms with van der Waals surface area (Å²) < 4.78 is 0. The molecule has 18 heavy (non-hydrogen) atoms. The highest BCUT2D eigenvalue weighted by atomic mass is 16.3. The van der Waals surface area contributed by atoms with E-state index < -0.39 is 0 Å². The zero-order valence-corrected chi connectivity index (χ0v) is 11.2. The monoisotopic (exact) mass is 251 g/mol. The molecule has 1 amide bonds. The Bertz CT molecular complexity index is 312. The van der Waals surface area contributed by atoms with Crippen LogP contribution in [0.4, 0.5) is 0 Å². The van der Waals surface area contributed by atoms with Crippen LogP contribution in [0, 0.1) is 23.7 Å². The first kappa shape index (κ1) is 12.5. The first-order valence-corrected chi connectivity index (χ1v) is 7.67. The largest absolute Gasteiger partial charge is 0.396 e. The maximum absolute atomic E-state index is 12.4. The molecule has 3 rings (SSSR count). The van der Waals surface area contributed by atoms with E-state index in [1.807, 2.05) is 4.90 Å². The molecule has 1 heterocycles. The molecule has 3 fully saturated rings. The maximum Gasteiger partial charge on any atom is 0.225 e. The molecular formula is C15H25NO2. The van der Waals surface area contributed by atoms with Gasteiger partial charge in [-0.05, 0) is 31.1 Å². The third-order valence-corrected chi connectivity index (χ3v) is 5.42. The van der Waals surface area contributed by atoms with Crippen molar-refractivity contribution in [2.24, 2.45) is 23.7 Å². The Balaban J connectivity index is 1.53. The highest BCUT2D eigenvalue weighted by Gasteiger charge is 2.39. The van der Waals surface area contributed by atoms with Gasteiger partial charge in [0.1, 0.15) is 0 Å². The van der Waals surface area contributed by atoms with E-state index in [0.29, 0.717) is 17.7 Å². The van der Waals surface area contributed by atoms with Gasteiger partial charge >= 0.3 is 0 Å². The second-order valence-corrected chi connectivity index (χ2v) is 6.61. The number of carbonyl (C=O) groups excluding carboxylic acids is 1. The molecule has 102 valence electrons. The van der Waals surface area contributed by atoms with Gasteiger partial charge in [0, 0.05) is 31.5 Å². The lowest BCUT2D eigenvalue weighted by Gasteiger charge is -2.44. The summed E-state index contributed by atoms with van der Waals surface area (Å²) in [6, 6.07) is 0. The first-order valence-electron chi connectivity index (χ1n) is 7.67. The lowest BCUT2D eigenvalue weighted by molar-refractivity contribution is -0.145. The van der Waals surface area contributed by atoms with Crippen LogP contribution in [-0.4, -0.2) is 35.6 Å². The highest BCUT2D eigenvalue weighted by Crippen LogP contribution is 2.43. The van der Waals surface area contributed by atoms with Crippen LogP contribution in [0.2, 0.25) is 0 Å². The summed E-state index contributed by atoms with van der Waals surface area (Å²) >= 11 is 0. The zero-order valence-electron chi connectivity index (χ0n) is 11.2. The summed E-state index contributed by atoms with van der Waals surface area (Å²) in [6.45, 7) is 1.82. The average molecular weight is 251 g/mol. The van der Waals surface area contributed by atoms with Gasteiger partial charge in [-0.25, -0.2) is 0 Å². The summed E-state index contributed by atoms with van der Waals surface area (Å²) in [6.07, 6.45) is 9.07. The molecule has 1 aliphatic heterocycles. The van der Waals surface area contributed by atoms with Gasteiger partial charge < -0.3 is 10.0 Å². The van der Waals surface area contributed by atoms with Crippen LogP contribution in [-0.2, 0) is 4.79 Å². The van der Waals surface area contributed by atoms with Gasteiger partial charge in [-0.1, -0.05) is 25.7 Å². The molecule has 1 saturated heterocycles. The topological polar surface area (TPSA) is 40.5 Å². The Morgan fingerprint density at radius 2 is 1.78 bits per heavy atom. The number of amides is 1. The van der Waals surface area contributed by atoms with E-state index in [0.717, 1.165) is 37.8 Å². The second kappa shape index (κ2) is 5.20. The van der Waals surface area contributed by atoms with E-state index in [4.69, 9.17) is 5.11 Å². The van der Waals surface area contributed by atoms with Gasteiger partial charge in [-0.15, -0.1) is 0 Å². The van der Waals surface area contributed by atoms with Gasteiger partial charge in [0.05, 0.1) is 0 Å². The molecule has 1 N–H and O–H groups in total. The average Bonchev–Trinajstić information content (AvgIpc) is 2.37. The standard InChI is InChI=1S/C15H25NO2/c17-10-11-8-16(9-11)15(18)14-6-5-12-3-1-2-4-13(12)7-14/h11-14,17H,1-10H2. The third kappa shape index (κ3) is 2.29. The number of carbonyl (C=O) groups is 1. The van der Waals surface area contributed by atoms with E-state index >= 15 is 0 Å². The molecule has 3 unspecified atom stereocenters. The number of hydrogen-bond acceptors (Lipinski definition) is 2. The summed E-state index contributed by atoms with van der Waals surface area (Å²) in [5.41, 5.74) is 0. The Labute approximate surface area is 110 Å². The smallest absolute Gasteiger partial charge is 0.225 e. The third-order valence-electron chi connectivity index (χ3n) is 5.42. The van der Waals surface area contributed by atoms with Crippen LogP contribution in [0.1, 0.15) is 44.9 Å². The van der Waals surface area contributed by atoms with E-state index in [1.165, 1.54) is 32.1 Å². The molecule has 3 nitrogen and oxygen atoms in total. The second-order valence-electron chi connectivity index (χ2n) is 6.61. The lowest BCUT2D eigenvalue weighted by Crippen LogP contribution is -2.54. The van der Waals surface area contributed by atoms with Gasteiger partial charge in [-0.3, -0.25) is 4.79 Å². The van der Waals surface area contributed by atoms with Crippen LogP contribution in [0.5, 0.6) is 0 Å². The fourth-order valence-electron chi connectivity index (χ4n) is 4.22. The number of nitrogens with zero attached hydrogens (tertiary/aromatic N) is 1. The van der Waals surface area contributed by atoms with Crippen molar-refractivity contribution in [2.45, 2.75) is 44.9 Å². The molecule has 0 spiro atoms. The number of aliphatic hydroxyl groups excluding tert-OH is 1. The number of likely N-dealkylation sites (tertiary alicyclic amines) is 1. The number of hydrogen-bond donors (Lipinski definition) is 1. The van der Waals surface area contributed by atoms with Crippen LogP contribution >= 0.6 is 0 Å². The van der Waals surface area contributed by atoms with Gasteiger partial charge in [0.15, 0.2) is 0 Å². The zero-order chi connectivity index (χ0) is 12.5. The highest BCUT2D eigenvalue weighted by molar-refractivity contribution is 5.79. The fraction of sp³-hybridized carbons (Fsp3) is 0.933. The summed E-state index contributed by atoms with van der Waals surface area (Å²) in [5, 5.41) is 9.01. The van der Waals surface area contributed by atoms with E-state index in [1.54, 1.807) is 0 Å². The Morgan fingerprint density at radius 3 is 2.50 bits per heavy atom. The Hall–Kier alpha value is -0.570. The van der Waals surface area contributed by atoms with E-state index in [2.05, 4.69) is 0 Å². The van der Waals surface area contributed by atoms with E-state index in [-0.39, 0.29) is 6.61 Å². The molecule has 0 aromatic carbocycles. The summed E-state index contributed by atoms with van der Waals surface area (Å²) in [5.74, 6) is 2.77. The van der Waals surface area contributed by atoms with Crippen molar-refractivity contribution < 1.29 is 9.90 Å². The van der Waals surface area contributed by atoms with Gasteiger partial charge in [0.2, 0.25) is 5.91 Å². The Kier molecular flexibility index (Phi) is 3.60. The number of rotatable bonds is 2. The van der Waals surface area contributed by atoms with Crippen LogP contribution < -0.4 is 0 Å². The minimum atomic E-state index is 0.235. The molecule has 2 saturated carbocycles. The molecule has 3 aliphatic rings. The molecular weight excluding hydrogens is 226 g/mol. The van der Waals surface area contributed by atoms with Crippen molar-refractivity contribution in [3.8, 4) is 0 Å². The molecule has 0 bridgehead atoms. The molecule has 3 atom stereocenters. The van der Waals surface area contributed by atoms with Crippen molar-refractivity contribution in [3.63, 3.8) is 0 Å². The van der Waals surface area contributed by atoms with Crippen LogP contribution in [0.15, 0.2) is 0 Å². The SMILES string of the molecule is O=C(C1CCC2CCCCC2C1)N1CC(CO)C1. The van der Waals surface area contributed by atoms with Crippen molar-refractivity contribution in [3.05, 3.63) is 0 Å². The molecule has 0 radical (unpaired) electrons. The summed E-state index contributed by atoms with van der Waals surface area (Å²) in [7, 11) is 0. The summed E-state index contributed by atoms with van der Waals surface area (Å²) in [4.78, 5) is 14.3. The first-order chi connectivity index (χ1) is 8.78. The van der Waals surface area contributed by atoms with Crippen molar-refractivity contribution in [1.29, 1.82) is 0 Å². The minimum absolute atomic E-state index is 0.235. The van der Waals surface area contributed by atoms with E-state index in [9.17, 15) is 4.79 Å². The van der Waals surface area contributed by atoms with Crippen LogP contribution in [0.25, 0.3) is 0 Å². The minimum Gasteiger partial charge on any atom is -0.396 e. The molecule has 3 heteroatoms. The van der Waals surface area contributed by atoms with Crippen LogP contribution in [0.3, 0.4) is 0 Å². The van der Waals surface area contributed by atoms with Crippen molar-refractivity contribution >= 4 is 5.91 Å². The molecule has 0 aromatic rings. The predicted molar refractivity (Wildman–Crippen MR) is 69.9 cm³/mol.